The van der Waals surface area contributed by atoms with Crippen molar-refractivity contribution >= 4 is 11.8 Å². The Kier molecular flexibility index (Phi) is 7.32. The van der Waals surface area contributed by atoms with E-state index in [9.17, 15) is 9.59 Å². The van der Waals surface area contributed by atoms with Crippen LogP contribution in [0.5, 0.6) is 0 Å². The maximum absolute atomic E-state index is 10.6. The molecule has 4 heteroatoms. The molecule has 0 aromatic heterocycles. The van der Waals surface area contributed by atoms with Gasteiger partial charge in [0.1, 0.15) is 0 Å². The van der Waals surface area contributed by atoms with Crippen molar-refractivity contribution in [1.29, 1.82) is 0 Å². The molecule has 0 rings (SSSR count). The van der Waals surface area contributed by atoms with Gasteiger partial charge in [0.05, 0.1) is 0 Å². The van der Waals surface area contributed by atoms with Gasteiger partial charge in [-0.3, -0.25) is 9.59 Å². The molecule has 0 atom stereocenters. The van der Waals surface area contributed by atoms with E-state index in [1.165, 1.54) is 0 Å². The lowest BCUT2D eigenvalue weighted by molar-refractivity contribution is -0.118. The third-order valence-electron chi connectivity index (χ3n) is 2.25. The number of amides is 2. The fourth-order valence-corrected chi connectivity index (χ4v) is 1.29. The van der Waals surface area contributed by atoms with Gasteiger partial charge in [-0.2, -0.15) is 0 Å². The van der Waals surface area contributed by atoms with E-state index < -0.39 is 5.91 Å². The first-order valence-electron chi connectivity index (χ1n) is 5.30. The van der Waals surface area contributed by atoms with Crippen LogP contribution >= 0.6 is 0 Å². The van der Waals surface area contributed by atoms with E-state index in [4.69, 9.17) is 11.5 Å². The van der Waals surface area contributed by atoms with Crippen molar-refractivity contribution in [2.24, 2.45) is 11.5 Å². The fraction of sp³-hybridized carbons (Fsp3) is 0.636. The highest BCUT2D eigenvalue weighted by molar-refractivity contribution is 5.91. The molecule has 0 aliphatic heterocycles. The monoisotopic (exact) mass is 212 g/mol. The smallest absolute Gasteiger partial charge is 0.244 e. The summed E-state index contributed by atoms with van der Waals surface area (Å²) >= 11 is 0. The highest BCUT2D eigenvalue weighted by atomic mass is 16.1. The van der Waals surface area contributed by atoms with Crippen molar-refractivity contribution in [1.82, 2.24) is 0 Å². The van der Waals surface area contributed by atoms with E-state index in [1.54, 1.807) is 0 Å². The van der Waals surface area contributed by atoms with Crippen LogP contribution in [-0.2, 0) is 9.59 Å². The molecule has 0 radical (unpaired) electrons. The molecule has 4 nitrogen and oxygen atoms in total. The van der Waals surface area contributed by atoms with Crippen molar-refractivity contribution in [3.8, 4) is 0 Å². The summed E-state index contributed by atoms with van der Waals surface area (Å²) in [5.74, 6) is -0.652. The summed E-state index contributed by atoms with van der Waals surface area (Å²) in [5.41, 5.74) is 10.5. The van der Waals surface area contributed by atoms with Gasteiger partial charge in [-0.05, 0) is 19.3 Å². The summed E-state index contributed by atoms with van der Waals surface area (Å²) in [4.78, 5) is 21.0. The van der Waals surface area contributed by atoms with Gasteiger partial charge < -0.3 is 11.5 Å². The minimum atomic E-state index is -0.413. The van der Waals surface area contributed by atoms with Gasteiger partial charge >= 0.3 is 0 Å². The number of hydrogen-bond donors (Lipinski definition) is 2. The predicted octanol–water partition coefficient (Wildman–Crippen LogP) is 1.24. The van der Waals surface area contributed by atoms with E-state index in [1.807, 2.05) is 0 Å². The van der Waals surface area contributed by atoms with Crippen molar-refractivity contribution < 1.29 is 9.59 Å². The second-order valence-corrected chi connectivity index (χ2v) is 3.70. The normalized spacial score (nSPS) is 9.87. The van der Waals surface area contributed by atoms with Crippen molar-refractivity contribution in [3.05, 3.63) is 12.2 Å². The Morgan fingerprint density at radius 1 is 0.867 bits per heavy atom. The first kappa shape index (κ1) is 13.7. The first-order valence-corrected chi connectivity index (χ1v) is 5.30. The molecular formula is C11H20N2O2. The van der Waals surface area contributed by atoms with Gasteiger partial charge in [-0.25, -0.2) is 0 Å². The van der Waals surface area contributed by atoms with Crippen LogP contribution in [0, 0.1) is 0 Å². The van der Waals surface area contributed by atoms with E-state index in [0.717, 1.165) is 32.1 Å². The number of carbonyl (C=O) groups excluding carboxylic acids is 2. The highest BCUT2D eigenvalue weighted by Gasteiger charge is 2.00. The third-order valence-corrected chi connectivity index (χ3v) is 2.25. The highest BCUT2D eigenvalue weighted by Crippen LogP contribution is 2.10. The number of carbonyl (C=O) groups is 2. The molecule has 0 saturated heterocycles. The average Bonchev–Trinajstić information content (AvgIpc) is 2.15. The zero-order valence-electron chi connectivity index (χ0n) is 9.13. The minimum absolute atomic E-state index is 0.239. The predicted molar refractivity (Wildman–Crippen MR) is 59.8 cm³/mol. The Bertz CT molecular complexity index is 237. The molecule has 0 aliphatic rings. The molecule has 0 unspecified atom stereocenters. The molecule has 86 valence electrons. The number of unbranched alkanes of at least 4 members (excludes halogenated alkanes) is 4. The largest absolute Gasteiger partial charge is 0.370 e. The first-order chi connectivity index (χ1) is 7.04. The molecule has 2 amide bonds. The summed E-state index contributed by atoms with van der Waals surface area (Å²) < 4.78 is 0. The van der Waals surface area contributed by atoms with Gasteiger partial charge in [0.2, 0.25) is 11.8 Å². The van der Waals surface area contributed by atoms with Gasteiger partial charge in [0.25, 0.3) is 0 Å². The minimum Gasteiger partial charge on any atom is -0.370 e. The maximum Gasteiger partial charge on any atom is 0.244 e. The Morgan fingerprint density at radius 2 is 1.33 bits per heavy atom. The standard InChI is InChI=1S/C11H20N2O2/c1-9(11(13)15)7-5-3-2-4-6-8-10(12)14/h1-8H2,(H2,12,14)(H2,13,15). The van der Waals surface area contributed by atoms with Gasteiger partial charge in [-0.1, -0.05) is 25.8 Å². The SMILES string of the molecule is C=C(CCCCCCCC(N)=O)C(N)=O. The van der Waals surface area contributed by atoms with Crippen molar-refractivity contribution in [2.45, 2.75) is 44.9 Å². The molecule has 0 saturated carbocycles. The van der Waals surface area contributed by atoms with Crippen LogP contribution in [0.25, 0.3) is 0 Å². The fourth-order valence-electron chi connectivity index (χ4n) is 1.29. The van der Waals surface area contributed by atoms with E-state index >= 15 is 0 Å². The summed E-state index contributed by atoms with van der Waals surface area (Å²) in [6.07, 6.45) is 6.01. The summed E-state index contributed by atoms with van der Waals surface area (Å²) in [6, 6.07) is 0. The molecule has 0 aromatic rings. The van der Waals surface area contributed by atoms with Gasteiger partial charge in [-0.15, -0.1) is 0 Å². The van der Waals surface area contributed by atoms with Crippen molar-refractivity contribution in [3.63, 3.8) is 0 Å². The molecule has 0 aromatic carbocycles. The van der Waals surface area contributed by atoms with Gasteiger partial charge in [0, 0.05) is 12.0 Å². The second kappa shape index (κ2) is 8.03. The molecular weight excluding hydrogens is 192 g/mol. The number of hydrogen-bond acceptors (Lipinski definition) is 2. The van der Waals surface area contributed by atoms with E-state index in [2.05, 4.69) is 6.58 Å². The van der Waals surface area contributed by atoms with Crippen LogP contribution < -0.4 is 11.5 Å². The van der Waals surface area contributed by atoms with Crippen LogP contribution in [0.1, 0.15) is 44.9 Å². The molecule has 0 spiro atoms. The number of rotatable bonds is 9. The summed E-state index contributed by atoms with van der Waals surface area (Å²) in [7, 11) is 0. The Balaban J connectivity index is 3.22. The summed E-state index contributed by atoms with van der Waals surface area (Å²) in [5, 5.41) is 0. The summed E-state index contributed by atoms with van der Waals surface area (Å²) in [6.45, 7) is 3.58. The van der Waals surface area contributed by atoms with Crippen LogP contribution in [0.2, 0.25) is 0 Å². The van der Waals surface area contributed by atoms with Crippen LogP contribution in [-0.4, -0.2) is 11.8 Å². The Labute approximate surface area is 90.7 Å². The van der Waals surface area contributed by atoms with Crippen LogP contribution in [0.3, 0.4) is 0 Å². The van der Waals surface area contributed by atoms with Crippen molar-refractivity contribution in [2.75, 3.05) is 0 Å². The molecule has 4 N–H and O–H groups in total. The Morgan fingerprint density at radius 3 is 1.80 bits per heavy atom. The second-order valence-electron chi connectivity index (χ2n) is 3.70. The van der Waals surface area contributed by atoms with Crippen LogP contribution in [0.15, 0.2) is 12.2 Å². The maximum atomic E-state index is 10.6. The molecule has 0 bridgehead atoms. The van der Waals surface area contributed by atoms with E-state index in [-0.39, 0.29) is 5.91 Å². The number of nitrogens with two attached hydrogens (primary N) is 2. The lowest BCUT2D eigenvalue weighted by Crippen LogP contribution is -2.12. The molecule has 0 fully saturated rings. The van der Waals surface area contributed by atoms with E-state index in [0.29, 0.717) is 18.4 Å². The van der Waals surface area contributed by atoms with Crippen LogP contribution in [0.4, 0.5) is 0 Å². The third kappa shape index (κ3) is 9.00. The Hall–Kier alpha value is -1.32. The number of primary amides is 2. The zero-order valence-corrected chi connectivity index (χ0v) is 9.13. The quantitative estimate of drug-likeness (QED) is 0.445. The topological polar surface area (TPSA) is 86.2 Å². The lowest BCUT2D eigenvalue weighted by atomic mass is 10.1. The molecule has 0 heterocycles. The molecule has 0 aliphatic carbocycles. The molecule has 15 heavy (non-hydrogen) atoms. The zero-order chi connectivity index (χ0) is 11.7. The van der Waals surface area contributed by atoms with Gasteiger partial charge in [0.15, 0.2) is 0 Å². The average molecular weight is 212 g/mol. The lowest BCUT2D eigenvalue weighted by Gasteiger charge is -2.01.